The van der Waals surface area contributed by atoms with Crippen molar-refractivity contribution in [1.82, 2.24) is 10.2 Å². The smallest absolute Gasteiger partial charge is 0.174 e. The average molecular weight is 202 g/mol. The molecule has 0 N–H and O–H groups in total. The number of ether oxygens (including phenoxy) is 1. The Bertz CT molecular complexity index is 234. The molecule has 12 heavy (non-hydrogen) atoms. The third kappa shape index (κ3) is 1.78. The Morgan fingerprint density at radius 1 is 1.67 bits per heavy atom. The van der Waals surface area contributed by atoms with E-state index in [0.717, 1.165) is 17.2 Å². The molecule has 0 spiro atoms. The van der Waals surface area contributed by atoms with Gasteiger partial charge in [0, 0.05) is 12.4 Å². The maximum atomic E-state index is 5.19. The van der Waals surface area contributed by atoms with Gasteiger partial charge in [-0.3, -0.25) is 0 Å². The van der Waals surface area contributed by atoms with Crippen LogP contribution < -0.4 is 0 Å². The standard InChI is InChI=1S/C7H10N2OS2/c1-10-5-2-6(3-5)12-7-9-8-4-11-7/h4-6H,2-3H2,1H3. The highest BCUT2D eigenvalue weighted by Gasteiger charge is 2.30. The van der Waals surface area contributed by atoms with Crippen molar-refractivity contribution in [2.75, 3.05) is 7.11 Å². The van der Waals surface area contributed by atoms with Gasteiger partial charge in [-0.15, -0.1) is 10.2 Å². The van der Waals surface area contributed by atoms with Gasteiger partial charge in [0.15, 0.2) is 4.34 Å². The number of aromatic nitrogens is 2. The molecule has 0 radical (unpaired) electrons. The molecule has 1 aromatic heterocycles. The van der Waals surface area contributed by atoms with E-state index in [2.05, 4.69) is 10.2 Å². The van der Waals surface area contributed by atoms with Crippen LogP contribution in [0.5, 0.6) is 0 Å². The summed E-state index contributed by atoms with van der Waals surface area (Å²) in [7, 11) is 1.77. The zero-order valence-electron chi connectivity index (χ0n) is 6.77. The summed E-state index contributed by atoms with van der Waals surface area (Å²) in [5, 5.41) is 8.47. The largest absolute Gasteiger partial charge is 0.381 e. The van der Waals surface area contributed by atoms with Crippen LogP contribution in [0.25, 0.3) is 0 Å². The van der Waals surface area contributed by atoms with Gasteiger partial charge >= 0.3 is 0 Å². The van der Waals surface area contributed by atoms with E-state index in [-0.39, 0.29) is 0 Å². The molecule has 1 saturated carbocycles. The van der Waals surface area contributed by atoms with E-state index in [9.17, 15) is 0 Å². The zero-order valence-corrected chi connectivity index (χ0v) is 8.40. The Kier molecular flexibility index (Phi) is 2.63. The number of hydrogen-bond acceptors (Lipinski definition) is 5. The van der Waals surface area contributed by atoms with E-state index < -0.39 is 0 Å². The Morgan fingerprint density at radius 3 is 3.08 bits per heavy atom. The molecule has 1 heterocycles. The van der Waals surface area contributed by atoms with Gasteiger partial charge in [-0.25, -0.2) is 0 Å². The first-order valence-electron chi connectivity index (χ1n) is 3.84. The molecule has 0 amide bonds. The zero-order chi connectivity index (χ0) is 8.39. The van der Waals surface area contributed by atoms with Crippen LogP contribution in [-0.4, -0.2) is 28.7 Å². The molecule has 0 saturated heterocycles. The fourth-order valence-electron chi connectivity index (χ4n) is 1.16. The fourth-order valence-corrected chi connectivity index (χ4v) is 3.20. The lowest BCUT2D eigenvalue weighted by Gasteiger charge is -2.32. The molecule has 0 aromatic carbocycles. The minimum Gasteiger partial charge on any atom is -0.381 e. The number of hydrogen-bond donors (Lipinski definition) is 0. The summed E-state index contributed by atoms with van der Waals surface area (Å²) in [6, 6.07) is 0. The van der Waals surface area contributed by atoms with Crippen LogP contribution in [-0.2, 0) is 4.74 Å². The Labute approximate surface area is 79.5 Å². The normalized spacial score (nSPS) is 28.4. The van der Waals surface area contributed by atoms with E-state index in [4.69, 9.17) is 4.74 Å². The van der Waals surface area contributed by atoms with Gasteiger partial charge in [-0.1, -0.05) is 23.1 Å². The minimum atomic E-state index is 0.482. The van der Waals surface area contributed by atoms with E-state index in [1.165, 1.54) is 0 Å². The van der Waals surface area contributed by atoms with Crippen molar-refractivity contribution in [3.63, 3.8) is 0 Å². The molecule has 0 bridgehead atoms. The van der Waals surface area contributed by atoms with Crippen molar-refractivity contribution in [2.24, 2.45) is 0 Å². The van der Waals surface area contributed by atoms with Crippen LogP contribution in [0.15, 0.2) is 9.85 Å². The van der Waals surface area contributed by atoms with Crippen LogP contribution >= 0.6 is 23.1 Å². The van der Waals surface area contributed by atoms with Crippen LogP contribution in [0.4, 0.5) is 0 Å². The van der Waals surface area contributed by atoms with Crippen molar-refractivity contribution in [3.8, 4) is 0 Å². The summed E-state index contributed by atoms with van der Waals surface area (Å²) in [5.74, 6) is 0. The molecule has 1 aromatic rings. The second-order valence-electron chi connectivity index (χ2n) is 2.77. The number of nitrogens with zero attached hydrogens (tertiary/aromatic N) is 2. The first-order valence-corrected chi connectivity index (χ1v) is 5.60. The van der Waals surface area contributed by atoms with Gasteiger partial charge in [0.25, 0.3) is 0 Å². The van der Waals surface area contributed by atoms with E-state index >= 15 is 0 Å². The summed E-state index contributed by atoms with van der Waals surface area (Å²) in [6.45, 7) is 0. The summed E-state index contributed by atoms with van der Waals surface area (Å²) in [6.07, 6.45) is 2.79. The average Bonchev–Trinajstić information content (AvgIpc) is 2.47. The molecule has 1 aliphatic carbocycles. The predicted octanol–water partition coefficient (Wildman–Crippen LogP) is 1.81. The quantitative estimate of drug-likeness (QED) is 0.748. The maximum Gasteiger partial charge on any atom is 0.174 e. The molecule has 0 unspecified atom stereocenters. The third-order valence-corrected chi connectivity index (χ3v) is 4.05. The first-order chi connectivity index (χ1) is 5.88. The monoisotopic (exact) mass is 202 g/mol. The van der Waals surface area contributed by atoms with E-state index in [1.54, 1.807) is 24.0 Å². The Balaban J connectivity index is 1.77. The van der Waals surface area contributed by atoms with Gasteiger partial charge in [0.05, 0.1) is 6.10 Å². The summed E-state index contributed by atoms with van der Waals surface area (Å²) in [4.78, 5) is 0. The lowest BCUT2D eigenvalue weighted by atomic mass is 9.95. The maximum absolute atomic E-state index is 5.19. The molecule has 1 aliphatic rings. The third-order valence-electron chi connectivity index (χ3n) is 1.99. The number of methoxy groups -OCH3 is 1. The van der Waals surface area contributed by atoms with Crippen molar-refractivity contribution in [3.05, 3.63) is 5.51 Å². The lowest BCUT2D eigenvalue weighted by molar-refractivity contribution is 0.0457. The molecular weight excluding hydrogens is 192 g/mol. The first kappa shape index (κ1) is 8.47. The van der Waals surface area contributed by atoms with Crippen LogP contribution in [0.2, 0.25) is 0 Å². The van der Waals surface area contributed by atoms with Gasteiger partial charge in [-0.05, 0) is 12.8 Å². The molecular formula is C7H10N2OS2. The van der Waals surface area contributed by atoms with Gasteiger partial charge in [0.2, 0.25) is 0 Å². The molecule has 0 atom stereocenters. The van der Waals surface area contributed by atoms with Gasteiger partial charge < -0.3 is 4.74 Å². The highest BCUT2D eigenvalue weighted by Crippen LogP contribution is 2.38. The molecule has 0 aliphatic heterocycles. The molecule has 1 fully saturated rings. The summed E-state index contributed by atoms with van der Waals surface area (Å²) in [5.41, 5.74) is 1.77. The highest BCUT2D eigenvalue weighted by molar-refractivity contribution is 8.01. The SMILES string of the molecule is COC1CC(Sc2nncs2)C1. The summed E-state index contributed by atoms with van der Waals surface area (Å²) < 4.78 is 6.27. The molecule has 3 nitrogen and oxygen atoms in total. The van der Waals surface area contributed by atoms with Crippen molar-refractivity contribution < 1.29 is 4.74 Å². The minimum absolute atomic E-state index is 0.482. The number of thioether (sulfide) groups is 1. The van der Waals surface area contributed by atoms with Gasteiger partial charge in [0.1, 0.15) is 5.51 Å². The molecule has 2 rings (SSSR count). The molecule has 5 heteroatoms. The van der Waals surface area contributed by atoms with Crippen molar-refractivity contribution in [1.29, 1.82) is 0 Å². The fraction of sp³-hybridized carbons (Fsp3) is 0.714. The van der Waals surface area contributed by atoms with Crippen molar-refractivity contribution >= 4 is 23.1 Å². The summed E-state index contributed by atoms with van der Waals surface area (Å²) >= 11 is 3.43. The highest BCUT2D eigenvalue weighted by atomic mass is 32.2. The topological polar surface area (TPSA) is 35.0 Å². The van der Waals surface area contributed by atoms with Crippen LogP contribution in [0.1, 0.15) is 12.8 Å². The Hall–Kier alpha value is -0.130. The van der Waals surface area contributed by atoms with Crippen molar-refractivity contribution in [2.45, 2.75) is 28.5 Å². The predicted molar refractivity (Wildman–Crippen MR) is 49.6 cm³/mol. The van der Waals surface area contributed by atoms with E-state index in [1.807, 2.05) is 11.8 Å². The second kappa shape index (κ2) is 3.72. The second-order valence-corrected chi connectivity index (χ2v) is 5.15. The lowest BCUT2D eigenvalue weighted by Crippen LogP contribution is -2.32. The number of rotatable bonds is 3. The van der Waals surface area contributed by atoms with Crippen LogP contribution in [0, 0.1) is 0 Å². The Morgan fingerprint density at radius 2 is 2.50 bits per heavy atom. The van der Waals surface area contributed by atoms with Gasteiger partial charge in [-0.2, -0.15) is 0 Å². The van der Waals surface area contributed by atoms with E-state index in [0.29, 0.717) is 11.4 Å². The van der Waals surface area contributed by atoms with Crippen LogP contribution in [0.3, 0.4) is 0 Å². The molecule has 66 valence electrons.